The largest absolute Gasteiger partial charge is 0.507 e. The van der Waals surface area contributed by atoms with Crippen molar-refractivity contribution in [1.29, 1.82) is 0 Å². The number of nitrogens with one attached hydrogen (secondary N) is 2. The molecule has 0 saturated heterocycles. The van der Waals surface area contributed by atoms with Gasteiger partial charge in [-0.25, -0.2) is 4.98 Å². The summed E-state index contributed by atoms with van der Waals surface area (Å²) in [5.74, 6) is 0.00371. The lowest BCUT2D eigenvalue weighted by Crippen LogP contribution is -2.36. The Morgan fingerprint density at radius 2 is 2.00 bits per heavy atom. The molecule has 0 aliphatic rings. The van der Waals surface area contributed by atoms with E-state index in [0.29, 0.717) is 22.7 Å². The van der Waals surface area contributed by atoms with E-state index in [0.717, 1.165) is 11.1 Å². The molecule has 1 heterocycles. The van der Waals surface area contributed by atoms with Gasteiger partial charge in [0.25, 0.3) is 0 Å². The maximum Gasteiger partial charge on any atom is 0.231 e. The van der Waals surface area contributed by atoms with Gasteiger partial charge in [-0.3, -0.25) is 4.79 Å². The number of aromatic nitrogens is 1. The van der Waals surface area contributed by atoms with Crippen molar-refractivity contribution < 1.29 is 14.3 Å². The van der Waals surface area contributed by atoms with Gasteiger partial charge in [0.15, 0.2) is 10.7 Å². The van der Waals surface area contributed by atoms with Gasteiger partial charge >= 0.3 is 0 Å². The van der Waals surface area contributed by atoms with Crippen LogP contribution in [0.5, 0.6) is 5.75 Å². The fraction of sp³-hybridized carbons (Fsp3) is 0.211. The van der Waals surface area contributed by atoms with E-state index in [9.17, 15) is 9.90 Å². The number of rotatable bonds is 3. The van der Waals surface area contributed by atoms with Gasteiger partial charge < -0.3 is 20.2 Å². The summed E-state index contributed by atoms with van der Waals surface area (Å²) in [6.07, 6.45) is 0. The molecule has 0 aliphatic heterocycles. The molecule has 0 spiro atoms. The molecule has 1 amide bonds. The number of phenols is 1. The first-order valence-corrected chi connectivity index (χ1v) is 8.57. The highest BCUT2D eigenvalue weighted by molar-refractivity contribution is 7.80. The quantitative estimate of drug-likeness (QED) is 0.478. The zero-order chi connectivity index (χ0) is 18.8. The molecule has 1 aromatic heterocycles. The number of carbonyl (C=O) groups excluding carboxylic acids is 1. The fourth-order valence-corrected chi connectivity index (χ4v) is 2.57. The van der Waals surface area contributed by atoms with Crippen LogP contribution in [0.15, 0.2) is 40.8 Å². The Balaban J connectivity index is 1.87. The van der Waals surface area contributed by atoms with Crippen LogP contribution in [0.1, 0.15) is 19.4 Å². The van der Waals surface area contributed by atoms with Crippen molar-refractivity contribution in [2.24, 2.45) is 5.92 Å². The van der Waals surface area contributed by atoms with E-state index in [1.165, 1.54) is 6.07 Å². The number of anilines is 1. The minimum Gasteiger partial charge on any atom is -0.507 e. The van der Waals surface area contributed by atoms with Crippen LogP contribution >= 0.6 is 12.2 Å². The number of aromatic hydroxyl groups is 1. The highest BCUT2D eigenvalue weighted by Crippen LogP contribution is 2.33. The Hall–Kier alpha value is -2.93. The SMILES string of the molecule is Cc1ccc2oc(-c3cc(NC(=S)NC(=O)C(C)C)ccc3O)nc2c1. The summed E-state index contributed by atoms with van der Waals surface area (Å²) >= 11 is 5.15. The van der Waals surface area contributed by atoms with E-state index in [-0.39, 0.29) is 22.7 Å². The molecule has 0 unspecified atom stereocenters. The van der Waals surface area contributed by atoms with Crippen molar-refractivity contribution in [1.82, 2.24) is 10.3 Å². The van der Waals surface area contributed by atoms with Crippen LogP contribution in [-0.4, -0.2) is 21.1 Å². The number of aryl methyl sites for hydroxylation is 1. The van der Waals surface area contributed by atoms with Gasteiger partial charge in [0.2, 0.25) is 11.8 Å². The summed E-state index contributed by atoms with van der Waals surface area (Å²) in [5, 5.41) is 15.9. The van der Waals surface area contributed by atoms with E-state index in [1.54, 1.807) is 26.0 Å². The summed E-state index contributed by atoms with van der Waals surface area (Å²) in [7, 11) is 0. The minimum absolute atomic E-state index is 0.0379. The van der Waals surface area contributed by atoms with Crippen molar-refractivity contribution in [2.45, 2.75) is 20.8 Å². The molecule has 6 nitrogen and oxygen atoms in total. The molecule has 134 valence electrons. The topological polar surface area (TPSA) is 87.4 Å². The predicted octanol–water partition coefficient (Wildman–Crippen LogP) is 3.98. The number of oxazole rings is 1. The zero-order valence-electron chi connectivity index (χ0n) is 14.7. The second-order valence-electron chi connectivity index (χ2n) is 6.32. The van der Waals surface area contributed by atoms with Crippen LogP contribution in [-0.2, 0) is 4.79 Å². The summed E-state index contributed by atoms with van der Waals surface area (Å²) < 4.78 is 5.74. The summed E-state index contributed by atoms with van der Waals surface area (Å²) in [6.45, 7) is 5.54. The Morgan fingerprint density at radius 3 is 2.73 bits per heavy atom. The van der Waals surface area contributed by atoms with E-state index < -0.39 is 0 Å². The number of fused-ring (bicyclic) bond motifs is 1. The molecule has 0 bridgehead atoms. The molecule has 3 aromatic rings. The molecule has 0 fully saturated rings. The lowest BCUT2D eigenvalue weighted by Gasteiger charge is -2.12. The zero-order valence-corrected chi connectivity index (χ0v) is 15.5. The van der Waals surface area contributed by atoms with E-state index >= 15 is 0 Å². The van der Waals surface area contributed by atoms with E-state index in [4.69, 9.17) is 16.6 Å². The molecule has 26 heavy (non-hydrogen) atoms. The van der Waals surface area contributed by atoms with Crippen LogP contribution in [0.4, 0.5) is 5.69 Å². The van der Waals surface area contributed by atoms with Crippen LogP contribution in [0.25, 0.3) is 22.6 Å². The Bertz CT molecular complexity index is 995. The summed E-state index contributed by atoms with van der Waals surface area (Å²) in [5.41, 5.74) is 3.47. The van der Waals surface area contributed by atoms with Crippen LogP contribution in [0.2, 0.25) is 0 Å². The van der Waals surface area contributed by atoms with E-state index in [1.807, 2.05) is 25.1 Å². The number of thiocarbonyl (C=S) groups is 1. The van der Waals surface area contributed by atoms with Gasteiger partial charge in [-0.2, -0.15) is 0 Å². The molecule has 0 saturated carbocycles. The fourth-order valence-electron chi connectivity index (χ4n) is 2.36. The number of hydrogen-bond acceptors (Lipinski definition) is 5. The molecule has 0 aliphatic carbocycles. The van der Waals surface area contributed by atoms with Gasteiger partial charge in [0, 0.05) is 11.6 Å². The number of carbonyl (C=O) groups is 1. The highest BCUT2D eigenvalue weighted by atomic mass is 32.1. The Labute approximate surface area is 156 Å². The molecule has 2 aromatic carbocycles. The number of benzene rings is 2. The monoisotopic (exact) mass is 369 g/mol. The molecule has 3 rings (SSSR count). The molecular weight excluding hydrogens is 350 g/mol. The van der Waals surface area contributed by atoms with Crippen molar-refractivity contribution in [3.8, 4) is 17.2 Å². The molecule has 0 atom stereocenters. The Morgan fingerprint density at radius 1 is 1.23 bits per heavy atom. The molecule has 3 N–H and O–H groups in total. The van der Waals surface area contributed by atoms with E-state index in [2.05, 4.69) is 15.6 Å². The lowest BCUT2D eigenvalue weighted by atomic mass is 10.1. The standard InChI is InChI=1S/C19H19N3O3S/c1-10(2)17(24)22-19(26)20-12-5-6-15(23)13(9-12)18-21-14-8-11(3)4-7-16(14)25-18/h4-10,23H,1-3H3,(H2,20,22,24,26). The number of nitrogens with zero attached hydrogens (tertiary/aromatic N) is 1. The van der Waals surface area contributed by atoms with Crippen molar-refractivity contribution >= 4 is 40.0 Å². The predicted molar refractivity (Wildman–Crippen MR) is 105 cm³/mol. The first-order chi connectivity index (χ1) is 12.3. The maximum absolute atomic E-state index is 11.7. The average molecular weight is 369 g/mol. The molecule has 7 heteroatoms. The normalized spacial score (nSPS) is 10.9. The van der Waals surface area contributed by atoms with Gasteiger partial charge in [-0.1, -0.05) is 19.9 Å². The third-order valence-electron chi connectivity index (χ3n) is 3.79. The Kier molecular flexibility index (Phi) is 4.90. The smallest absolute Gasteiger partial charge is 0.231 e. The number of phenolic OH excluding ortho intramolecular Hbond substituents is 1. The summed E-state index contributed by atoms with van der Waals surface area (Å²) in [4.78, 5) is 16.1. The lowest BCUT2D eigenvalue weighted by molar-refractivity contribution is -0.122. The van der Waals surface area contributed by atoms with Gasteiger partial charge in [-0.05, 0) is 55.0 Å². The third-order valence-corrected chi connectivity index (χ3v) is 3.99. The average Bonchev–Trinajstić information content (AvgIpc) is 2.99. The molecule has 0 radical (unpaired) electrons. The highest BCUT2D eigenvalue weighted by Gasteiger charge is 2.14. The minimum atomic E-state index is -0.173. The summed E-state index contributed by atoms with van der Waals surface area (Å²) in [6, 6.07) is 10.5. The molecular formula is C19H19N3O3S. The van der Waals surface area contributed by atoms with Crippen molar-refractivity contribution in [3.05, 3.63) is 42.0 Å². The second kappa shape index (κ2) is 7.13. The first kappa shape index (κ1) is 17.9. The van der Waals surface area contributed by atoms with Gasteiger partial charge in [-0.15, -0.1) is 0 Å². The van der Waals surface area contributed by atoms with Crippen LogP contribution < -0.4 is 10.6 Å². The first-order valence-electron chi connectivity index (χ1n) is 8.16. The third kappa shape index (κ3) is 3.83. The number of amides is 1. The van der Waals surface area contributed by atoms with Crippen LogP contribution in [0, 0.1) is 12.8 Å². The van der Waals surface area contributed by atoms with Gasteiger partial charge in [0.1, 0.15) is 11.3 Å². The number of hydrogen-bond donors (Lipinski definition) is 3. The van der Waals surface area contributed by atoms with Crippen molar-refractivity contribution in [3.63, 3.8) is 0 Å². The van der Waals surface area contributed by atoms with Crippen molar-refractivity contribution in [2.75, 3.05) is 5.32 Å². The van der Waals surface area contributed by atoms with Crippen LogP contribution in [0.3, 0.4) is 0 Å². The second-order valence-corrected chi connectivity index (χ2v) is 6.73. The maximum atomic E-state index is 11.7. The van der Waals surface area contributed by atoms with Gasteiger partial charge in [0.05, 0.1) is 5.56 Å².